The minimum atomic E-state index is -4.00. The highest BCUT2D eigenvalue weighted by Gasteiger charge is 2.47. The van der Waals surface area contributed by atoms with Gasteiger partial charge in [0, 0.05) is 26.4 Å². The fourth-order valence-electron chi connectivity index (χ4n) is 9.95. The highest BCUT2D eigenvalue weighted by molar-refractivity contribution is 7.93. The summed E-state index contributed by atoms with van der Waals surface area (Å²) in [4.78, 5) is 25.5. The van der Waals surface area contributed by atoms with Crippen molar-refractivity contribution in [1.29, 1.82) is 0 Å². The fraction of sp³-hybridized carbons (Fsp3) is 0.542. The van der Waals surface area contributed by atoms with Crippen LogP contribution in [0.1, 0.15) is 67.2 Å². The van der Waals surface area contributed by atoms with Gasteiger partial charge >= 0.3 is 0 Å². The molecule has 2 aliphatic rings. The molecule has 0 unspecified atom stereocenters. The van der Waals surface area contributed by atoms with E-state index in [1.165, 1.54) is 78.7 Å². The van der Waals surface area contributed by atoms with E-state index in [-0.39, 0.29) is 81.1 Å². The predicted octanol–water partition coefficient (Wildman–Crippen LogP) is 5.45. The second-order valence-electron chi connectivity index (χ2n) is 19.7. The van der Waals surface area contributed by atoms with Gasteiger partial charge in [-0.3, -0.25) is 9.44 Å². The zero-order chi connectivity index (χ0) is 55.3. The van der Waals surface area contributed by atoms with E-state index < -0.39 is 42.8 Å². The maximum atomic E-state index is 13.6. The molecule has 2 N–H and O–H groups in total. The Hall–Kier alpha value is -7.04. The number of aromatic nitrogens is 12. The van der Waals surface area contributed by atoms with Crippen LogP contribution in [0.3, 0.4) is 0 Å². The number of pyridine rings is 2. The van der Waals surface area contributed by atoms with Crippen LogP contribution in [0, 0.1) is 22.7 Å². The van der Waals surface area contributed by atoms with E-state index in [2.05, 4.69) is 87.4 Å². The average Bonchev–Trinajstić information content (AvgIpc) is 4.00. The Labute approximate surface area is 442 Å². The van der Waals surface area contributed by atoms with E-state index in [4.69, 9.17) is 37.9 Å². The number of sulfonamides is 2. The van der Waals surface area contributed by atoms with Crippen molar-refractivity contribution in [3.8, 4) is 69.7 Å². The summed E-state index contributed by atoms with van der Waals surface area (Å²) >= 11 is 0. The molecule has 2 aliphatic carbocycles. The van der Waals surface area contributed by atoms with E-state index in [9.17, 15) is 16.8 Å². The van der Waals surface area contributed by atoms with Crippen LogP contribution in [0.15, 0.2) is 49.1 Å². The summed E-state index contributed by atoms with van der Waals surface area (Å²) in [6.07, 6.45) is 5.05. The van der Waals surface area contributed by atoms with Crippen molar-refractivity contribution in [3.63, 3.8) is 0 Å². The van der Waals surface area contributed by atoms with Crippen LogP contribution in [-0.2, 0) is 29.5 Å². The van der Waals surface area contributed by atoms with Crippen molar-refractivity contribution in [1.82, 2.24) is 59.4 Å². The Morgan fingerprint density at radius 3 is 1.12 bits per heavy atom. The molecule has 6 heterocycles. The first kappa shape index (κ1) is 56.7. The molecule has 26 nitrogen and oxygen atoms in total. The Bertz CT molecular complexity index is 2940. The van der Waals surface area contributed by atoms with E-state index in [1.807, 2.05) is 0 Å². The SMILES string of the molecule is COc1cccc(-c2nnc(NS(=O)(=O)[C@@H](C)[C@@H](OC)C3CC(C)(C)C3)n2-c2c(OC)ncnc2OC)n1.COc1cccc(-c2nnc(NS(=O)(=O)[C@H](C)[C@@H](OC)C3CC(C)(C)C3)n2-c2c(OC)ncnc2OC)n1. The number of nitrogens with one attached hydrogen (secondary N) is 2. The number of hydrogen-bond acceptors (Lipinski definition) is 22. The summed E-state index contributed by atoms with van der Waals surface area (Å²) < 4.78 is 106. The summed E-state index contributed by atoms with van der Waals surface area (Å²) in [6, 6.07) is 10.2. The molecule has 0 aromatic carbocycles. The number of rotatable bonds is 22. The predicted molar refractivity (Wildman–Crippen MR) is 278 cm³/mol. The zero-order valence-corrected chi connectivity index (χ0v) is 46.6. The molecule has 0 aliphatic heterocycles. The normalized spacial score (nSPS) is 16.8. The summed E-state index contributed by atoms with van der Waals surface area (Å²) in [5, 5.41) is 15.1. The van der Waals surface area contributed by atoms with Crippen LogP contribution >= 0.6 is 0 Å². The van der Waals surface area contributed by atoms with Crippen LogP contribution in [0.2, 0.25) is 0 Å². The second-order valence-corrected chi connectivity index (χ2v) is 23.8. The summed E-state index contributed by atoms with van der Waals surface area (Å²) in [6.45, 7) is 11.9. The Morgan fingerprint density at radius 1 is 0.513 bits per heavy atom. The van der Waals surface area contributed by atoms with Gasteiger partial charge in [0.05, 0.1) is 54.9 Å². The summed E-state index contributed by atoms with van der Waals surface area (Å²) in [5.74, 6) is 1.50. The van der Waals surface area contributed by atoms with Crippen LogP contribution in [-0.4, -0.2) is 156 Å². The van der Waals surface area contributed by atoms with Crippen molar-refractivity contribution in [2.75, 3.05) is 66.3 Å². The van der Waals surface area contributed by atoms with Gasteiger partial charge in [-0.25, -0.2) is 35.9 Å². The van der Waals surface area contributed by atoms with Crippen LogP contribution in [0.5, 0.6) is 35.3 Å². The van der Waals surface area contributed by atoms with Gasteiger partial charge in [0.25, 0.3) is 0 Å². The molecule has 4 atom stereocenters. The van der Waals surface area contributed by atoms with Crippen molar-refractivity contribution in [2.45, 2.75) is 89.9 Å². The first-order valence-electron chi connectivity index (χ1n) is 24.0. The van der Waals surface area contributed by atoms with Crippen LogP contribution < -0.4 is 37.9 Å². The number of hydrogen-bond donors (Lipinski definition) is 2. The third-order valence-electron chi connectivity index (χ3n) is 13.5. The van der Waals surface area contributed by atoms with Gasteiger partial charge in [0.2, 0.25) is 67.2 Å². The molecular formula is C48H66N14O12S2. The quantitative estimate of drug-likeness (QED) is 0.0853. The fourth-order valence-corrected chi connectivity index (χ4v) is 12.5. The second kappa shape index (κ2) is 23.1. The lowest BCUT2D eigenvalue weighted by molar-refractivity contribution is -0.0367. The summed E-state index contributed by atoms with van der Waals surface area (Å²) in [7, 11) is 3.75. The van der Waals surface area contributed by atoms with Gasteiger partial charge in [-0.05, 0) is 74.3 Å². The van der Waals surface area contributed by atoms with Crippen molar-refractivity contribution < 1.29 is 54.7 Å². The molecular weight excluding hydrogens is 1030 g/mol. The molecule has 6 aromatic rings. The first-order chi connectivity index (χ1) is 36.1. The van der Waals surface area contributed by atoms with Gasteiger partial charge in [-0.1, -0.05) is 39.8 Å². The van der Waals surface area contributed by atoms with Gasteiger partial charge < -0.3 is 37.9 Å². The van der Waals surface area contributed by atoms with Crippen LogP contribution in [0.25, 0.3) is 34.4 Å². The standard InChI is InChI=1S/2C24H33N7O6S/c2*1-14(19(35-5)15-11-24(2,3)12-15)38(32,33)30-23-29-28-20(16-9-8-10-17(27-16)34-4)31(23)18-21(36-6)25-13-26-22(18)37-7/h2*8-10,13-15,19H,11-12H2,1-7H3,(H,29,30)/t14-,19+;14-,19-/m01/s1. The van der Waals surface area contributed by atoms with Gasteiger partial charge in [-0.2, -0.15) is 19.9 Å². The van der Waals surface area contributed by atoms with E-state index in [1.54, 1.807) is 50.2 Å². The number of ether oxygens (including phenoxy) is 8. The molecule has 0 spiro atoms. The van der Waals surface area contributed by atoms with Gasteiger partial charge in [0.1, 0.15) is 34.5 Å². The molecule has 28 heteroatoms. The molecule has 8 rings (SSSR count). The molecule has 2 saturated carbocycles. The maximum absolute atomic E-state index is 13.6. The van der Waals surface area contributed by atoms with Crippen LogP contribution in [0.4, 0.5) is 11.9 Å². The molecule has 0 amide bonds. The van der Waals surface area contributed by atoms with E-state index >= 15 is 0 Å². The minimum Gasteiger partial charge on any atom is -0.481 e. The topological polar surface area (TPSA) is 305 Å². The van der Waals surface area contributed by atoms with Gasteiger partial charge in [-0.15, -0.1) is 20.4 Å². The molecule has 412 valence electrons. The van der Waals surface area contributed by atoms with Crippen molar-refractivity contribution in [3.05, 3.63) is 49.1 Å². The highest BCUT2D eigenvalue weighted by atomic mass is 32.2. The number of nitrogens with zero attached hydrogens (tertiary/aromatic N) is 12. The largest absolute Gasteiger partial charge is 0.481 e. The Kier molecular flexibility index (Phi) is 17.2. The van der Waals surface area contributed by atoms with E-state index in [0.717, 1.165) is 25.7 Å². The molecule has 2 fully saturated rings. The molecule has 0 radical (unpaired) electrons. The van der Waals surface area contributed by atoms with Gasteiger partial charge in [0.15, 0.2) is 23.0 Å². The lowest BCUT2D eigenvalue weighted by Crippen LogP contribution is -2.48. The van der Waals surface area contributed by atoms with Crippen molar-refractivity contribution >= 4 is 31.9 Å². The minimum absolute atomic E-state index is 0.112. The number of anilines is 2. The monoisotopic (exact) mass is 1090 g/mol. The zero-order valence-electron chi connectivity index (χ0n) is 45.0. The maximum Gasteiger partial charge on any atom is 0.245 e. The Morgan fingerprint density at radius 2 is 0.842 bits per heavy atom. The highest BCUT2D eigenvalue weighted by Crippen LogP contribution is 2.49. The average molecular weight is 1100 g/mol. The smallest absolute Gasteiger partial charge is 0.245 e. The molecule has 76 heavy (non-hydrogen) atoms. The first-order valence-corrected chi connectivity index (χ1v) is 27.1. The third-order valence-corrected chi connectivity index (χ3v) is 16.9. The molecule has 0 bridgehead atoms. The van der Waals surface area contributed by atoms with E-state index in [0.29, 0.717) is 23.1 Å². The van der Waals surface area contributed by atoms with Crippen molar-refractivity contribution in [2.24, 2.45) is 22.7 Å². The Balaban J connectivity index is 0.000000221. The molecule has 6 aromatic heterocycles. The number of methoxy groups -OCH3 is 8. The lowest BCUT2D eigenvalue weighted by Gasteiger charge is -2.47. The lowest BCUT2D eigenvalue weighted by atomic mass is 9.62. The summed E-state index contributed by atoms with van der Waals surface area (Å²) in [5.41, 5.74) is 1.42. The third kappa shape index (κ3) is 11.8. The molecule has 0 saturated heterocycles.